The lowest BCUT2D eigenvalue weighted by molar-refractivity contribution is -0.121. The maximum atomic E-state index is 12.2. The van der Waals surface area contributed by atoms with Crippen molar-refractivity contribution >= 4 is 46.4 Å². The number of ether oxygens (including phenoxy) is 2. The summed E-state index contributed by atoms with van der Waals surface area (Å²) in [5.41, 5.74) is 1.36. The van der Waals surface area contributed by atoms with Crippen molar-refractivity contribution in [2.24, 2.45) is 0 Å². The summed E-state index contributed by atoms with van der Waals surface area (Å²) in [5.74, 6) is 0.941. The molecule has 6 nitrogen and oxygen atoms in total. The zero-order valence-corrected chi connectivity index (χ0v) is 17.6. The van der Waals surface area contributed by atoms with E-state index in [1.165, 1.54) is 0 Å². The molecule has 0 atom stereocenters. The van der Waals surface area contributed by atoms with Gasteiger partial charge >= 0.3 is 0 Å². The molecule has 1 N–H and O–H groups in total. The summed E-state index contributed by atoms with van der Waals surface area (Å²) in [6, 6.07) is 10.3. The molecule has 8 heteroatoms. The molecule has 0 radical (unpaired) electrons. The Morgan fingerprint density at radius 1 is 1.24 bits per heavy atom. The zero-order valence-electron chi connectivity index (χ0n) is 16.0. The largest absolute Gasteiger partial charge is 0.492 e. The molecule has 1 aliphatic rings. The summed E-state index contributed by atoms with van der Waals surface area (Å²) in [4.78, 5) is 25.9. The molecule has 154 valence electrons. The van der Waals surface area contributed by atoms with Crippen LogP contribution >= 0.6 is 23.2 Å². The number of hydrogen-bond acceptors (Lipinski definition) is 4. The lowest BCUT2D eigenvalue weighted by Gasteiger charge is -2.29. The topological polar surface area (TPSA) is 67.9 Å². The van der Waals surface area contributed by atoms with Crippen molar-refractivity contribution in [3.05, 3.63) is 46.4 Å². The van der Waals surface area contributed by atoms with Crippen molar-refractivity contribution in [3.63, 3.8) is 0 Å². The van der Waals surface area contributed by atoms with Crippen LogP contribution in [-0.2, 0) is 9.59 Å². The number of benzene rings is 2. The number of fused-ring (bicyclic) bond motifs is 1. The van der Waals surface area contributed by atoms with Crippen LogP contribution in [0.15, 0.2) is 36.4 Å². The summed E-state index contributed by atoms with van der Waals surface area (Å²) < 4.78 is 11.1. The van der Waals surface area contributed by atoms with Crippen LogP contribution in [0.4, 0.5) is 11.4 Å². The maximum Gasteiger partial charge on any atom is 0.265 e. The molecule has 2 aromatic rings. The van der Waals surface area contributed by atoms with Gasteiger partial charge in [-0.15, -0.1) is 0 Å². The summed E-state index contributed by atoms with van der Waals surface area (Å²) in [6.45, 7) is 3.02. The molecule has 2 aromatic carbocycles. The molecule has 0 unspecified atom stereocenters. The molecule has 29 heavy (non-hydrogen) atoms. The first-order valence-corrected chi connectivity index (χ1v) is 10.2. The van der Waals surface area contributed by atoms with Crippen LogP contribution < -0.4 is 19.7 Å². The second kappa shape index (κ2) is 9.85. The fraction of sp³-hybridized carbons (Fsp3) is 0.333. The summed E-state index contributed by atoms with van der Waals surface area (Å²) in [6.07, 6.45) is 1.68. The Labute approximate surface area is 179 Å². The molecule has 0 saturated heterocycles. The Bertz CT molecular complexity index is 904. The fourth-order valence-corrected chi connectivity index (χ4v) is 3.44. The van der Waals surface area contributed by atoms with Gasteiger partial charge < -0.3 is 19.7 Å². The van der Waals surface area contributed by atoms with E-state index < -0.39 is 0 Å². The minimum Gasteiger partial charge on any atom is -0.492 e. The predicted molar refractivity (Wildman–Crippen MR) is 114 cm³/mol. The van der Waals surface area contributed by atoms with E-state index in [2.05, 4.69) is 5.32 Å². The van der Waals surface area contributed by atoms with Crippen LogP contribution in [0.3, 0.4) is 0 Å². The van der Waals surface area contributed by atoms with Gasteiger partial charge in [-0.2, -0.15) is 0 Å². The molecule has 3 rings (SSSR count). The Balaban J connectivity index is 1.50. The molecule has 2 amide bonds. The second-order valence-corrected chi connectivity index (χ2v) is 7.44. The Morgan fingerprint density at radius 2 is 2.07 bits per heavy atom. The van der Waals surface area contributed by atoms with Crippen LogP contribution in [0.5, 0.6) is 11.5 Å². The summed E-state index contributed by atoms with van der Waals surface area (Å²) >= 11 is 11.9. The minimum atomic E-state index is -0.131. The quantitative estimate of drug-likeness (QED) is 0.595. The second-order valence-electron chi connectivity index (χ2n) is 6.59. The van der Waals surface area contributed by atoms with Gasteiger partial charge in [-0.1, -0.05) is 30.1 Å². The van der Waals surface area contributed by atoms with E-state index >= 15 is 0 Å². The van der Waals surface area contributed by atoms with E-state index in [4.69, 9.17) is 32.7 Å². The highest BCUT2D eigenvalue weighted by molar-refractivity contribution is 6.35. The Hall–Kier alpha value is -2.44. The van der Waals surface area contributed by atoms with Gasteiger partial charge in [0.05, 0.1) is 17.3 Å². The van der Waals surface area contributed by atoms with Gasteiger partial charge in [0.2, 0.25) is 5.91 Å². The van der Waals surface area contributed by atoms with E-state index in [1.807, 2.05) is 6.92 Å². The van der Waals surface area contributed by atoms with E-state index in [1.54, 1.807) is 41.3 Å². The average molecular weight is 437 g/mol. The zero-order chi connectivity index (χ0) is 20.8. The van der Waals surface area contributed by atoms with Gasteiger partial charge in [-0.05, 0) is 43.2 Å². The van der Waals surface area contributed by atoms with Crippen LogP contribution in [-0.4, -0.2) is 31.6 Å². The highest BCUT2D eigenvalue weighted by atomic mass is 35.5. The number of amides is 2. The van der Waals surface area contributed by atoms with Crippen LogP contribution in [0.2, 0.25) is 10.0 Å². The highest BCUT2D eigenvalue weighted by Crippen LogP contribution is 2.34. The number of carbonyl (C=O) groups excluding carboxylic acids is 2. The fourth-order valence-electron chi connectivity index (χ4n) is 2.98. The van der Waals surface area contributed by atoms with Crippen molar-refractivity contribution in [2.75, 3.05) is 30.0 Å². The SMILES string of the molecule is CCCN1C(=O)COc2cc(NC(=O)CCCOc3ccc(Cl)cc3Cl)ccc21. The molecule has 0 bridgehead atoms. The van der Waals surface area contributed by atoms with Crippen LogP contribution in [0.25, 0.3) is 0 Å². The number of nitrogens with zero attached hydrogens (tertiary/aromatic N) is 1. The van der Waals surface area contributed by atoms with Crippen molar-refractivity contribution in [2.45, 2.75) is 26.2 Å². The summed E-state index contributed by atoms with van der Waals surface area (Å²) in [7, 11) is 0. The lowest BCUT2D eigenvalue weighted by Crippen LogP contribution is -2.39. The van der Waals surface area contributed by atoms with Gasteiger partial charge in [0.1, 0.15) is 11.5 Å². The first-order valence-electron chi connectivity index (χ1n) is 9.43. The van der Waals surface area contributed by atoms with E-state index in [0.717, 1.165) is 12.1 Å². The van der Waals surface area contributed by atoms with Crippen molar-refractivity contribution in [1.29, 1.82) is 0 Å². The maximum absolute atomic E-state index is 12.2. The third kappa shape index (κ3) is 5.55. The molecule has 1 heterocycles. The lowest BCUT2D eigenvalue weighted by atomic mass is 10.2. The van der Waals surface area contributed by atoms with Gasteiger partial charge in [-0.3, -0.25) is 9.59 Å². The average Bonchev–Trinajstić information content (AvgIpc) is 2.69. The minimum absolute atomic E-state index is 0.00892. The molecule has 1 aliphatic heterocycles. The van der Waals surface area contributed by atoms with E-state index in [0.29, 0.717) is 53.2 Å². The highest BCUT2D eigenvalue weighted by Gasteiger charge is 2.25. The van der Waals surface area contributed by atoms with Gasteiger partial charge in [0, 0.05) is 29.7 Å². The van der Waals surface area contributed by atoms with Gasteiger partial charge in [0.15, 0.2) is 6.61 Å². The predicted octanol–water partition coefficient (Wildman–Crippen LogP) is 4.93. The van der Waals surface area contributed by atoms with E-state index in [9.17, 15) is 9.59 Å². The number of halogens is 2. The van der Waals surface area contributed by atoms with E-state index in [-0.39, 0.29) is 18.4 Å². The standard InChI is InChI=1S/C21H22Cl2N2O4/c1-2-9-25-17-7-6-15(12-19(17)29-13-21(25)27)24-20(26)4-3-10-28-18-8-5-14(22)11-16(18)23/h5-8,11-12H,2-4,9-10,13H2,1H3,(H,24,26). The number of rotatable bonds is 8. The van der Waals surface area contributed by atoms with Crippen LogP contribution in [0.1, 0.15) is 26.2 Å². The van der Waals surface area contributed by atoms with Crippen molar-refractivity contribution < 1.29 is 19.1 Å². The van der Waals surface area contributed by atoms with Crippen molar-refractivity contribution in [1.82, 2.24) is 0 Å². The molecule has 0 aromatic heterocycles. The number of carbonyl (C=O) groups is 2. The van der Waals surface area contributed by atoms with Gasteiger partial charge in [-0.25, -0.2) is 0 Å². The number of hydrogen-bond donors (Lipinski definition) is 1. The summed E-state index contributed by atoms with van der Waals surface area (Å²) in [5, 5.41) is 3.82. The van der Waals surface area contributed by atoms with Gasteiger partial charge in [0.25, 0.3) is 5.91 Å². The first kappa shape index (κ1) is 21.3. The Morgan fingerprint density at radius 3 is 2.83 bits per heavy atom. The number of nitrogens with one attached hydrogen (secondary N) is 1. The smallest absolute Gasteiger partial charge is 0.265 e. The molecular formula is C21H22Cl2N2O4. The number of anilines is 2. The first-order chi connectivity index (χ1) is 14.0. The molecule has 0 fully saturated rings. The molecule has 0 saturated carbocycles. The molecular weight excluding hydrogens is 415 g/mol. The monoisotopic (exact) mass is 436 g/mol. The normalized spacial score (nSPS) is 12.9. The Kier molecular flexibility index (Phi) is 7.23. The van der Waals surface area contributed by atoms with Crippen LogP contribution in [0, 0.1) is 0 Å². The molecule has 0 spiro atoms. The molecule has 0 aliphatic carbocycles. The van der Waals surface area contributed by atoms with Crippen molar-refractivity contribution in [3.8, 4) is 11.5 Å². The third-order valence-corrected chi connectivity index (χ3v) is 4.86. The third-order valence-electron chi connectivity index (χ3n) is 4.33.